The summed E-state index contributed by atoms with van der Waals surface area (Å²) in [6.45, 7) is 5.43. The standard InChI is InChI=1S/C20H23N5O/c1-14-15(2)23-19-12-16(7-8-18(19)22-14)20(26)25-11-4-3-6-17(25)13-24-10-5-9-21-24/h5,7-10,12,17H,3-4,6,11,13H2,1-2H3/t17-/m0/s1. The van der Waals surface area contributed by atoms with Gasteiger partial charge in [-0.1, -0.05) is 0 Å². The Morgan fingerprint density at radius 2 is 1.96 bits per heavy atom. The Labute approximate surface area is 152 Å². The van der Waals surface area contributed by atoms with E-state index in [0.29, 0.717) is 5.56 Å². The number of benzene rings is 1. The van der Waals surface area contributed by atoms with E-state index in [1.54, 1.807) is 6.20 Å². The van der Waals surface area contributed by atoms with Gasteiger partial charge in [0.2, 0.25) is 0 Å². The van der Waals surface area contributed by atoms with Gasteiger partial charge in [-0.2, -0.15) is 5.10 Å². The Hall–Kier alpha value is -2.76. The molecule has 0 bridgehead atoms. The second kappa shape index (κ2) is 6.86. The van der Waals surface area contributed by atoms with Crippen LogP contribution in [-0.4, -0.2) is 43.1 Å². The van der Waals surface area contributed by atoms with Crippen LogP contribution >= 0.6 is 0 Å². The van der Waals surface area contributed by atoms with Gasteiger partial charge in [0.15, 0.2) is 0 Å². The van der Waals surface area contributed by atoms with E-state index in [2.05, 4.69) is 15.1 Å². The van der Waals surface area contributed by atoms with E-state index < -0.39 is 0 Å². The van der Waals surface area contributed by atoms with Crippen LogP contribution in [0.4, 0.5) is 0 Å². The van der Waals surface area contributed by atoms with Gasteiger partial charge in [-0.25, -0.2) is 9.97 Å². The molecule has 1 aliphatic rings. The summed E-state index contributed by atoms with van der Waals surface area (Å²) in [5.41, 5.74) is 4.11. The molecular formula is C20H23N5O. The van der Waals surface area contributed by atoms with Crippen LogP contribution in [0.2, 0.25) is 0 Å². The van der Waals surface area contributed by atoms with Crippen LogP contribution < -0.4 is 0 Å². The Morgan fingerprint density at radius 1 is 1.15 bits per heavy atom. The Bertz CT molecular complexity index is 935. The number of nitrogens with zero attached hydrogens (tertiary/aromatic N) is 5. The van der Waals surface area contributed by atoms with Crippen molar-refractivity contribution >= 4 is 16.9 Å². The van der Waals surface area contributed by atoms with Gasteiger partial charge in [-0.15, -0.1) is 0 Å². The van der Waals surface area contributed by atoms with Gasteiger partial charge < -0.3 is 4.90 Å². The van der Waals surface area contributed by atoms with Crippen molar-refractivity contribution < 1.29 is 4.79 Å². The zero-order valence-electron chi connectivity index (χ0n) is 15.2. The van der Waals surface area contributed by atoms with Gasteiger partial charge in [0.25, 0.3) is 5.91 Å². The molecule has 1 aromatic carbocycles. The van der Waals surface area contributed by atoms with E-state index >= 15 is 0 Å². The average molecular weight is 349 g/mol. The third kappa shape index (κ3) is 3.19. The highest BCUT2D eigenvalue weighted by molar-refractivity contribution is 5.97. The lowest BCUT2D eigenvalue weighted by atomic mass is 10.0. The number of aryl methyl sites for hydroxylation is 2. The number of hydrogen-bond donors (Lipinski definition) is 0. The fraction of sp³-hybridized carbons (Fsp3) is 0.400. The Balaban J connectivity index is 1.62. The molecule has 4 rings (SSSR count). The average Bonchev–Trinajstić information content (AvgIpc) is 3.15. The first-order chi connectivity index (χ1) is 12.6. The van der Waals surface area contributed by atoms with Crippen molar-refractivity contribution in [3.05, 3.63) is 53.6 Å². The number of aromatic nitrogens is 4. The number of carbonyl (C=O) groups is 1. The largest absolute Gasteiger partial charge is 0.334 e. The summed E-state index contributed by atoms with van der Waals surface area (Å²) in [5.74, 6) is 0.0729. The van der Waals surface area contributed by atoms with Crippen LogP contribution in [0.5, 0.6) is 0 Å². The molecule has 0 spiro atoms. The number of amides is 1. The van der Waals surface area contributed by atoms with E-state index in [-0.39, 0.29) is 11.9 Å². The van der Waals surface area contributed by atoms with Crippen molar-refractivity contribution in [1.82, 2.24) is 24.6 Å². The maximum atomic E-state index is 13.2. The second-order valence-electron chi connectivity index (χ2n) is 6.97. The molecule has 3 aromatic rings. The topological polar surface area (TPSA) is 63.9 Å². The van der Waals surface area contributed by atoms with Crippen LogP contribution in [0.3, 0.4) is 0 Å². The molecule has 1 amide bonds. The van der Waals surface area contributed by atoms with Crippen LogP contribution in [0.15, 0.2) is 36.7 Å². The minimum atomic E-state index is 0.0729. The normalized spacial score (nSPS) is 17.6. The highest BCUT2D eigenvalue weighted by Gasteiger charge is 2.28. The molecule has 1 fully saturated rings. The molecular weight excluding hydrogens is 326 g/mol. The lowest BCUT2D eigenvalue weighted by molar-refractivity contribution is 0.0584. The number of likely N-dealkylation sites (tertiary alicyclic amines) is 1. The number of carbonyl (C=O) groups excluding carboxylic acids is 1. The van der Waals surface area contributed by atoms with Crippen LogP contribution in [-0.2, 0) is 6.54 Å². The molecule has 0 radical (unpaired) electrons. The number of fused-ring (bicyclic) bond motifs is 1. The van der Waals surface area contributed by atoms with Crippen molar-refractivity contribution in [2.75, 3.05) is 6.54 Å². The molecule has 26 heavy (non-hydrogen) atoms. The Morgan fingerprint density at radius 3 is 2.73 bits per heavy atom. The molecule has 1 saturated heterocycles. The zero-order chi connectivity index (χ0) is 18.1. The first-order valence-corrected chi connectivity index (χ1v) is 9.15. The summed E-state index contributed by atoms with van der Waals surface area (Å²) < 4.78 is 1.91. The Kier molecular flexibility index (Phi) is 4.41. The van der Waals surface area contributed by atoms with Crippen molar-refractivity contribution in [3.8, 4) is 0 Å². The monoisotopic (exact) mass is 349 g/mol. The first kappa shape index (κ1) is 16.7. The maximum Gasteiger partial charge on any atom is 0.254 e. The van der Waals surface area contributed by atoms with Gasteiger partial charge in [-0.3, -0.25) is 9.48 Å². The minimum absolute atomic E-state index is 0.0729. The number of hydrogen-bond acceptors (Lipinski definition) is 4. The van der Waals surface area contributed by atoms with Crippen molar-refractivity contribution in [1.29, 1.82) is 0 Å². The fourth-order valence-corrected chi connectivity index (χ4v) is 3.61. The lowest BCUT2D eigenvalue weighted by Gasteiger charge is -2.35. The van der Waals surface area contributed by atoms with Crippen LogP contribution in [0.1, 0.15) is 41.0 Å². The highest BCUT2D eigenvalue weighted by Crippen LogP contribution is 2.22. The maximum absolute atomic E-state index is 13.2. The van der Waals surface area contributed by atoms with E-state index in [0.717, 1.165) is 54.8 Å². The van der Waals surface area contributed by atoms with E-state index in [1.165, 1.54) is 0 Å². The molecule has 1 atom stereocenters. The van der Waals surface area contributed by atoms with E-state index in [1.807, 2.05) is 53.9 Å². The molecule has 0 saturated carbocycles. The van der Waals surface area contributed by atoms with Crippen molar-refractivity contribution in [2.24, 2.45) is 0 Å². The molecule has 0 aliphatic carbocycles. The van der Waals surface area contributed by atoms with Crippen molar-refractivity contribution in [2.45, 2.75) is 45.7 Å². The third-order valence-electron chi connectivity index (χ3n) is 5.17. The van der Waals surface area contributed by atoms with Crippen LogP contribution in [0.25, 0.3) is 11.0 Å². The summed E-state index contributed by atoms with van der Waals surface area (Å²) in [7, 11) is 0. The van der Waals surface area contributed by atoms with Gasteiger partial charge in [0, 0.05) is 24.5 Å². The molecule has 6 nitrogen and oxygen atoms in total. The van der Waals surface area contributed by atoms with Gasteiger partial charge >= 0.3 is 0 Å². The number of piperidine rings is 1. The minimum Gasteiger partial charge on any atom is -0.334 e. The SMILES string of the molecule is Cc1nc2ccc(C(=O)N3CCCC[C@H]3Cn3cccn3)cc2nc1C. The summed E-state index contributed by atoms with van der Waals surface area (Å²) in [6.07, 6.45) is 6.94. The molecule has 0 N–H and O–H groups in total. The van der Waals surface area contributed by atoms with Crippen molar-refractivity contribution in [3.63, 3.8) is 0 Å². The molecule has 0 unspecified atom stereocenters. The van der Waals surface area contributed by atoms with Gasteiger partial charge in [0.1, 0.15) is 0 Å². The quantitative estimate of drug-likeness (QED) is 0.729. The summed E-state index contributed by atoms with van der Waals surface area (Å²) in [4.78, 5) is 24.3. The fourth-order valence-electron chi connectivity index (χ4n) is 3.61. The predicted octanol–water partition coefficient (Wildman–Crippen LogP) is 3.14. The molecule has 134 valence electrons. The molecule has 6 heteroatoms. The zero-order valence-corrected chi connectivity index (χ0v) is 15.2. The lowest BCUT2D eigenvalue weighted by Crippen LogP contribution is -2.45. The molecule has 1 aliphatic heterocycles. The van der Waals surface area contributed by atoms with E-state index in [4.69, 9.17) is 0 Å². The van der Waals surface area contributed by atoms with E-state index in [9.17, 15) is 4.79 Å². The summed E-state index contributed by atoms with van der Waals surface area (Å²) in [5, 5.41) is 4.30. The first-order valence-electron chi connectivity index (χ1n) is 9.15. The molecule has 2 aromatic heterocycles. The van der Waals surface area contributed by atoms with Crippen LogP contribution in [0, 0.1) is 13.8 Å². The second-order valence-corrected chi connectivity index (χ2v) is 6.97. The van der Waals surface area contributed by atoms with Gasteiger partial charge in [-0.05, 0) is 57.4 Å². The highest BCUT2D eigenvalue weighted by atomic mass is 16.2. The summed E-state index contributed by atoms with van der Waals surface area (Å²) in [6, 6.07) is 7.73. The molecule has 3 heterocycles. The summed E-state index contributed by atoms with van der Waals surface area (Å²) >= 11 is 0. The smallest absolute Gasteiger partial charge is 0.254 e. The predicted molar refractivity (Wildman–Crippen MR) is 99.9 cm³/mol. The third-order valence-corrected chi connectivity index (χ3v) is 5.17. The van der Waals surface area contributed by atoms with Gasteiger partial charge in [0.05, 0.1) is 35.0 Å². The number of rotatable bonds is 3.